The minimum atomic E-state index is -0.0860. The molecule has 30 heavy (non-hydrogen) atoms. The van der Waals surface area contributed by atoms with Crippen LogP contribution < -0.4 is 15.5 Å². The molecule has 0 aromatic carbocycles. The summed E-state index contributed by atoms with van der Waals surface area (Å²) in [5, 5.41) is 6.82. The predicted octanol–water partition coefficient (Wildman–Crippen LogP) is 2.04. The van der Waals surface area contributed by atoms with Gasteiger partial charge in [-0.1, -0.05) is 12.8 Å². The summed E-state index contributed by atoms with van der Waals surface area (Å²) in [7, 11) is 1.63. The summed E-state index contributed by atoms with van der Waals surface area (Å²) in [4.78, 5) is 28.5. The molecule has 166 valence electrons. The molecule has 1 saturated carbocycles. The van der Waals surface area contributed by atoms with Gasteiger partial charge in [0.1, 0.15) is 5.00 Å². The highest BCUT2D eigenvalue weighted by molar-refractivity contribution is 7.17. The number of carbonyl (C=O) groups excluding carboxylic acids is 2. The summed E-state index contributed by atoms with van der Waals surface area (Å²) in [6.07, 6.45) is 10.9. The van der Waals surface area contributed by atoms with E-state index in [2.05, 4.69) is 10.6 Å². The molecule has 3 atom stereocenters. The van der Waals surface area contributed by atoms with E-state index >= 15 is 0 Å². The molecule has 1 aliphatic heterocycles. The van der Waals surface area contributed by atoms with E-state index in [1.807, 2.05) is 0 Å². The zero-order chi connectivity index (χ0) is 20.9. The Hall–Kier alpha value is -1.44. The highest BCUT2D eigenvalue weighted by Gasteiger charge is 2.34. The molecule has 0 radical (unpaired) electrons. The maximum Gasteiger partial charge on any atom is 0.280 e. The number of ether oxygens (including phenoxy) is 1. The third kappa shape index (κ3) is 5.06. The number of piperidine rings is 1. The van der Waals surface area contributed by atoms with E-state index in [1.54, 1.807) is 18.4 Å². The van der Waals surface area contributed by atoms with Gasteiger partial charge >= 0.3 is 0 Å². The van der Waals surface area contributed by atoms with Crippen LogP contribution in [0.1, 0.15) is 65.7 Å². The van der Waals surface area contributed by atoms with Gasteiger partial charge in [-0.2, -0.15) is 0 Å². The van der Waals surface area contributed by atoms with Crippen LogP contribution >= 0.6 is 11.3 Å². The molecule has 2 amide bonds. The van der Waals surface area contributed by atoms with Crippen molar-refractivity contribution in [2.75, 3.05) is 45.2 Å². The molecular weight excluding hydrogens is 398 g/mol. The number of anilines is 1. The van der Waals surface area contributed by atoms with E-state index in [0.29, 0.717) is 25.3 Å². The fourth-order valence-electron chi connectivity index (χ4n) is 5.60. The minimum absolute atomic E-state index is 0.0452. The van der Waals surface area contributed by atoms with E-state index in [4.69, 9.17) is 4.74 Å². The number of thiophene rings is 1. The Balaban J connectivity index is 1.41. The molecule has 0 bridgehead atoms. The molecule has 2 fully saturated rings. The van der Waals surface area contributed by atoms with Crippen LogP contribution in [0.3, 0.4) is 0 Å². The zero-order valence-electron chi connectivity index (χ0n) is 18.2. The molecule has 2 heterocycles. The van der Waals surface area contributed by atoms with Gasteiger partial charge in [-0.15, -0.1) is 11.3 Å². The summed E-state index contributed by atoms with van der Waals surface area (Å²) in [6, 6.07) is 0. The van der Waals surface area contributed by atoms with Crippen molar-refractivity contribution in [2.45, 2.75) is 57.8 Å². The van der Waals surface area contributed by atoms with Crippen LogP contribution in [0, 0.1) is 11.8 Å². The van der Waals surface area contributed by atoms with E-state index in [0.717, 1.165) is 61.2 Å². The Morgan fingerprint density at radius 2 is 1.90 bits per heavy atom. The molecule has 7 heteroatoms. The summed E-state index contributed by atoms with van der Waals surface area (Å²) in [6.45, 7) is 3.70. The molecule has 3 aliphatic rings. The number of amides is 2. The number of fused-ring (bicyclic) bond motifs is 2. The first kappa shape index (κ1) is 21.8. The molecule has 1 aromatic heterocycles. The van der Waals surface area contributed by atoms with Crippen LogP contribution in [0.15, 0.2) is 0 Å². The first-order valence-corrected chi connectivity index (χ1v) is 12.5. The number of hydrogen-bond acceptors (Lipinski definition) is 4. The van der Waals surface area contributed by atoms with E-state index < -0.39 is 0 Å². The zero-order valence-corrected chi connectivity index (χ0v) is 19.0. The minimum Gasteiger partial charge on any atom is -0.383 e. The number of carbonyl (C=O) groups is 2. The number of likely N-dealkylation sites (tertiary alicyclic amines) is 1. The first-order chi connectivity index (χ1) is 14.7. The van der Waals surface area contributed by atoms with Crippen molar-refractivity contribution in [1.29, 1.82) is 0 Å². The van der Waals surface area contributed by atoms with Gasteiger partial charge in [-0.3, -0.25) is 9.59 Å². The van der Waals surface area contributed by atoms with Crippen LogP contribution in [0.25, 0.3) is 0 Å². The monoisotopic (exact) mass is 434 g/mol. The summed E-state index contributed by atoms with van der Waals surface area (Å²) >= 11 is 1.60. The van der Waals surface area contributed by atoms with Crippen molar-refractivity contribution in [3.8, 4) is 0 Å². The molecule has 2 aliphatic carbocycles. The maximum absolute atomic E-state index is 12.9. The average Bonchev–Trinajstić information content (AvgIpc) is 3.11. The summed E-state index contributed by atoms with van der Waals surface area (Å²) < 4.78 is 5.05. The van der Waals surface area contributed by atoms with Gasteiger partial charge in [-0.05, 0) is 56.4 Å². The van der Waals surface area contributed by atoms with Crippen molar-refractivity contribution in [2.24, 2.45) is 11.8 Å². The Kier molecular flexibility index (Phi) is 7.44. The van der Waals surface area contributed by atoms with Gasteiger partial charge in [-0.25, -0.2) is 0 Å². The number of methoxy groups -OCH3 is 1. The average molecular weight is 435 g/mol. The second-order valence-corrected chi connectivity index (χ2v) is 10.3. The molecule has 1 saturated heterocycles. The number of hydrogen-bond donors (Lipinski definition) is 3. The van der Waals surface area contributed by atoms with Crippen LogP contribution in [0.2, 0.25) is 0 Å². The van der Waals surface area contributed by atoms with Crippen molar-refractivity contribution in [3.05, 3.63) is 16.0 Å². The molecule has 4 rings (SSSR count). The van der Waals surface area contributed by atoms with E-state index in [1.165, 1.54) is 41.9 Å². The molecule has 1 unspecified atom stereocenters. The van der Waals surface area contributed by atoms with Crippen molar-refractivity contribution >= 4 is 28.2 Å². The van der Waals surface area contributed by atoms with Crippen LogP contribution in [0.4, 0.5) is 5.00 Å². The number of rotatable bonds is 7. The second-order valence-electron chi connectivity index (χ2n) is 9.19. The van der Waals surface area contributed by atoms with Gasteiger partial charge in [0, 0.05) is 24.4 Å². The SMILES string of the molecule is COCCNC(=O)c1c(NC(=O)C[NH+]2CC[C@H]3CCCC[C@@H]3C2)sc2c1CCCC2. The Bertz CT molecular complexity index is 763. The lowest BCUT2D eigenvalue weighted by molar-refractivity contribution is -0.902. The van der Waals surface area contributed by atoms with Crippen LogP contribution in [-0.2, 0) is 22.4 Å². The third-order valence-corrected chi connectivity index (χ3v) is 8.35. The summed E-state index contributed by atoms with van der Waals surface area (Å²) in [5.41, 5.74) is 1.84. The number of aryl methyl sites for hydroxylation is 1. The second kappa shape index (κ2) is 10.2. The van der Waals surface area contributed by atoms with Crippen molar-refractivity contribution in [3.63, 3.8) is 0 Å². The topological polar surface area (TPSA) is 71.9 Å². The highest BCUT2D eigenvalue weighted by atomic mass is 32.1. The molecule has 1 aromatic rings. The maximum atomic E-state index is 12.9. The van der Waals surface area contributed by atoms with Gasteiger partial charge in [0.25, 0.3) is 11.8 Å². The quantitative estimate of drug-likeness (QED) is 0.575. The lowest BCUT2D eigenvalue weighted by Crippen LogP contribution is -3.15. The number of nitrogens with one attached hydrogen (secondary N) is 3. The predicted molar refractivity (Wildman–Crippen MR) is 119 cm³/mol. The van der Waals surface area contributed by atoms with E-state index in [-0.39, 0.29) is 11.8 Å². The largest absolute Gasteiger partial charge is 0.383 e. The summed E-state index contributed by atoms with van der Waals surface area (Å²) in [5.74, 6) is 1.64. The van der Waals surface area contributed by atoms with Crippen molar-refractivity contribution < 1.29 is 19.2 Å². The standard InChI is InChI=1S/C23H35N3O3S/c1-29-13-11-24-22(28)21-18-8-4-5-9-19(18)30-23(21)25-20(27)15-26-12-10-16-6-2-3-7-17(16)14-26/h16-17H,2-15H2,1H3,(H,24,28)(H,25,27)/p+1/t16-,17-/m1/s1. The molecular formula is C23H36N3O3S+. The molecule has 0 spiro atoms. The Morgan fingerprint density at radius 3 is 2.73 bits per heavy atom. The third-order valence-electron chi connectivity index (χ3n) is 7.14. The van der Waals surface area contributed by atoms with Crippen LogP contribution in [0.5, 0.6) is 0 Å². The van der Waals surface area contributed by atoms with Crippen LogP contribution in [-0.4, -0.2) is 51.7 Å². The Morgan fingerprint density at radius 1 is 1.10 bits per heavy atom. The fourth-order valence-corrected chi connectivity index (χ4v) is 6.91. The smallest absolute Gasteiger partial charge is 0.280 e. The molecule has 6 nitrogen and oxygen atoms in total. The lowest BCUT2D eigenvalue weighted by atomic mass is 9.75. The fraction of sp³-hybridized carbons (Fsp3) is 0.739. The Labute approximate surface area is 183 Å². The van der Waals surface area contributed by atoms with Gasteiger partial charge in [0.15, 0.2) is 6.54 Å². The molecule has 3 N–H and O–H groups in total. The van der Waals surface area contributed by atoms with Gasteiger partial charge in [0.05, 0.1) is 25.3 Å². The normalized spacial score (nSPS) is 25.8. The lowest BCUT2D eigenvalue weighted by Gasteiger charge is -2.38. The van der Waals surface area contributed by atoms with Crippen molar-refractivity contribution in [1.82, 2.24) is 5.32 Å². The first-order valence-electron chi connectivity index (χ1n) is 11.7. The number of quaternary nitrogens is 1. The highest BCUT2D eigenvalue weighted by Crippen LogP contribution is 2.38. The van der Waals surface area contributed by atoms with E-state index in [9.17, 15) is 9.59 Å². The van der Waals surface area contributed by atoms with Gasteiger partial charge in [0.2, 0.25) is 0 Å². The van der Waals surface area contributed by atoms with Gasteiger partial charge < -0.3 is 20.3 Å².